The Morgan fingerprint density at radius 1 is 1.47 bits per heavy atom. The zero-order valence-corrected chi connectivity index (χ0v) is 9.20. The van der Waals surface area contributed by atoms with Crippen LogP contribution in [0.2, 0.25) is 0 Å². The smallest absolute Gasteiger partial charge is 0.203 e. The van der Waals surface area contributed by atoms with E-state index in [9.17, 15) is 0 Å². The molecule has 2 aromatic heterocycles. The lowest BCUT2D eigenvalue weighted by Crippen LogP contribution is -2.05. The fourth-order valence-electron chi connectivity index (χ4n) is 1.34. The van der Waals surface area contributed by atoms with Crippen LogP contribution in [-0.2, 0) is 0 Å². The monoisotopic (exact) mass is 225 g/mol. The molecule has 1 N–H and O–H groups in total. The average molecular weight is 226 g/mol. The number of aromatic nitrogens is 4. The van der Waals surface area contributed by atoms with Gasteiger partial charge in [-0.3, -0.25) is 4.40 Å². The van der Waals surface area contributed by atoms with Crippen molar-refractivity contribution in [1.82, 2.24) is 19.6 Å². The van der Waals surface area contributed by atoms with Crippen LogP contribution >= 0.6 is 11.6 Å². The van der Waals surface area contributed by atoms with Crippen LogP contribution in [0.4, 0.5) is 5.82 Å². The number of halogens is 1. The van der Waals surface area contributed by atoms with Crippen molar-refractivity contribution in [1.29, 1.82) is 0 Å². The molecule has 2 heterocycles. The molecule has 15 heavy (non-hydrogen) atoms. The van der Waals surface area contributed by atoms with E-state index in [0.717, 1.165) is 30.3 Å². The van der Waals surface area contributed by atoms with E-state index in [1.54, 1.807) is 6.20 Å². The Kier molecular flexibility index (Phi) is 3.01. The average Bonchev–Trinajstić information content (AvgIpc) is 2.62. The van der Waals surface area contributed by atoms with E-state index in [4.69, 9.17) is 11.6 Å². The molecular weight excluding hydrogens is 214 g/mol. The highest BCUT2D eigenvalue weighted by Gasteiger charge is 2.06. The molecule has 0 bridgehead atoms. The summed E-state index contributed by atoms with van der Waals surface area (Å²) in [4.78, 5) is 4.21. The summed E-state index contributed by atoms with van der Waals surface area (Å²) in [6, 6.07) is 0. The molecule has 0 saturated carbocycles. The molecule has 0 amide bonds. The number of fused-ring (bicyclic) bond motifs is 1. The highest BCUT2D eigenvalue weighted by Crippen LogP contribution is 2.11. The number of rotatable bonds is 4. The third-order valence-electron chi connectivity index (χ3n) is 2.10. The summed E-state index contributed by atoms with van der Waals surface area (Å²) in [5.74, 6) is 2.25. The van der Waals surface area contributed by atoms with Crippen molar-refractivity contribution in [2.75, 3.05) is 17.7 Å². The third kappa shape index (κ3) is 2.02. The summed E-state index contributed by atoms with van der Waals surface area (Å²) in [6.45, 7) is 2.70. The van der Waals surface area contributed by atoms with Gasteiger partial charge in [0.05, 0.1) is 0 Å². The Balaban J connectivity index is 2.26. The molecule has 0 aliphatic heterocycles. The predicted molar refractivity (Wildman–Crippen MR) is 59.3 cm³/mol. The maximum Gasteiger partial charge on any atom is 0.203 e. The summed E-state index contributed by atoms with van der Waals surface area (Å²) in [6.07, 6.45) is 4.47. The number of hydrogen-bond acceptors (Lipinski definition) is 4. The quantitative estimate of drug-likeness (QED) is 0.633. The summed E-state index contributed by atoms with van der Waals surface area (Å²) in [7, 11) is 0. The standard InChI is InChI=1S/C9H12ClN5/c1-7-13-14-9-8(11-4-2-3-10)12-5-6-15(7)9/h5-6H,2-4H2,1H3,(H,11,12). The normalized spacial score (nSPS) is 10.8. The van der Waals surface area contributed by atoms with Crippen molar-refractivity contribution in [3.8, 4) is 0 Å². The minimum atomic E-state index is 0.641. The first-order chi connectivity index (χ1) is 7.33. The Labute approximate surface area is 92.5 Å². The van der Waals surface area contributed by atoms with Gasteiger partial charge in [-0.1, -0.05) is 0 Å². The SMILES string of the molecule is Cc1nnc2c(NCCCCl)nccn12. The van der Waals surface area contributed by atoms with Gasteiger partial charge >= 0.3 is 0 Å². The van der Waals surface area contributed by atoms with Gasteiger partial charge in [-0.2, -0.15) is 0 Å². The van der Waals surface area contributed by atoms with Crippen LogP contribution in [0.1, 0.15) is 12.2 Å². The van der Waals surface area contributed by atoms with Gasteiger partial charge in [0, 0.05) is 24.8 Å². The van der Waals surface area contributed by atoms with Gasteiger partial charge in [-0.15, -0.1) is 21.8 Å². The van der Waals surface area contributed by atoms with E-state index in [0.29, 0.717) is 5.88 Å². The number of anilines is 1. The first-order valence-corrected chi connectivity index (χ1v) is 5.32. The van der Waals surface area contributed by atoms with Crippen LogP contribution in [0, 0.1) is 6.92 Å². The Hall–Kier alpha value is -1.36. The van der Waals surface area contributed by atoms with Crippen molar-refractivity contribution in [3.63, 3.8) is 0 Å². The van der Waals surface area contributed by atoms with Gasteiger partial charge in [-0.05, 0) is 13.3 Å². The molecule has 0 aliphatic rings. The predicted octanol–water partition coefficient (Wildman–Crippen LogP) is 1.47. The second-order valence-corrected chi connectivity index (χ2v) is 3.56. The van der Waals surface area contributed by atoms with E-state index in [1.165, 1.54) is 0 Å². The molecule has 0 aromatic carbocycles. The number of nitrogens with zero attached hydrogens (tertiary/aromatic N) is 4. The summed E-state index contributed by atoms with van der Waals surface area (Å²) < 4.78 is 1.90. The maximum absolute atomic E-state index is 5.60. The second-order valence-electron chi connectivity index (χ2n) is 3.19. The van der Waals surface area contributed by atoms with Crippen LogP contribution in [0.3, 0.4) is 0 Å². The number of aryl methyl sites for hydroxylation is 1. The molecule has 6 heteroatoms. The summed E-state index contributed by atoms with van der Waals surface area (Å²) in [5.41, 5.74) is 0.754. The fourth-order valence-corrected chi connectivity index (χ4v) is 1.47. The van der Waals surface area contributed by atoms with Gasteiger partial charge in [0.15, 0.2) is 5.82 Å². The first-order valence-electron chi connectivity index (χ1n) is 4.79. The van der Waals surface area contributed by atoms with E-state index in [1.807, 2.05) is 17.5 Å². The largest absolute Gasteiger partial charge is 0.367 e. The number of nitrogens with one attached hydrogen (secondary N) is 1. The fraction of sp³-hybridized carbons (Fsp3) is 0.444. The molecule has 2 aromatic rings. The van der Waals surface area contributed by atoms with Crippen LogP contribution in [0.5, 0.6) is 0 Å². The highest BCUT2D eigenvalue weighted by atomic mass is 35.5. The molecule has 2 rings (SSSR count). The molecule has 5 nitrogen and oxygen atoms in total. The van der Waals surface area contributed by atoms with E-state index < -0.39 is 0 Å². The molecule has 0 fully saturated rings. The topological polar surface area (TPSA) is 55.1 Å². The Morgan fingerprint density at radius 3 is 3.13 bits per heavy atom. The van der Waals surface area contributed by atoms with Crippen molar-refractivity contribution in [2.45, 2.75) is 13.3 Å². The van der Waals surface area contributed by atoms with Gasteiger partial charge in [0.25, 0.3) is 0 Å². The van der Waals surface area contributed by atoms with Gasteiger partial charge in [0.2, 0.25) is 5.65 Å². The molecule has 0 unspecified atom stereocenters. The molecule has 0 spiro atoms. The minimum absolute atomic E-state index is 0.641. The van der Waals surface area contributed by atoms with Gasteiger partial charge in [-0.25, -0.2) is 4.98 Å². The lowest BCUT2D eigenvalue weighted by molar-refractivity contribution is 0.967. The number of alkyl halides is 1. The van der Waals surface area contributed by atoms with Crippen molar-refractivity contribution in [3.05, 3.63) is 18.2 Å². The zero-order valence-electron chi connectivity index (χ0n) is 8.44. The Bertz CT molecular complexity index is 453. The minimum Gasteiger partial charge on any atom is -0.367 e. The molecule has 0 radical (unpaired) electrons. The van der Waals surface area contributed by atoms with Crippen molar-refractivity contribution < 1.29 is 0 Å². The van der Waals surface area contributed by atoms with Crippen molar-refractivity contribution in [2.24, 2.45) is 0 Å². The lowest BCUT2D eigenvalue weighted by atomic mass is 10.4. The van der Waals surface area contributed by atoms with E-state index in [-0.39, 0.29) is 0 Å². The molecule has 0 saturated heterocycles. The lowest BCUT2D eigenvalue weighted by Gasteiger charge is -2.04. The maximum atomic E-state index is 5.60. The molecule has 80 valence electrons. The van der Waals surface area contributed by atoms with Crippen LogP contribution < -0.4 is 5.32 Å². The number of hydrogen-bond donors (Lipinski definition) is 1. The highest BCUT2D eigenvalue weighted by molar-refractivity contribution is 6.17. The Morgan fingerprint density at radius 2 is 2.33 bits per heavy atom. The van der Waals surface area contributed by atoms with Crippen LogP contribution in [-0.4, -0.2) is 32.0 Å². The molecule has 0 atom stereocenters. The van der Waals surface area contributed by atoms with E-state index >= 15 is 0 Å². The second kappa shape index (κ2) is 4.44. The molecule has 0 aliphatic carbocycles. The van der Waals surface area contributed by atoms with Gasteiger partial charge in [0.1, 0.15) is 5.82 Å². The van der Waals surface area contributed by atoms with E-state index in [2.05, 4.69) is 20.5 Å². The van der Waals surface area contributed by atoms with Gasteiger partial charge < -0.3 is 5.32 Å². The molecular formula is C9H12ClN5. The third-order valence-corrected chi connectivity index (χ3v) is 2.37. The first kappa shape index (κ1) is 10.2. The van der Waals surface area contributed by atoms with Crippen LogP contribution in [0.15, 0.2) is 12.4 Å². The van der Waals surface area contributed by atoms with Crippen molar-refractivity contribution >= 4 is 23.1 Å². The summed E-state index contributed by atoms with van der Waals surface area (Å²) in [5, 5.41) is 11.2. The summed E-state index contributed by atoms with van der Waals surface area (Å²) >= 11 is 5.60. The zero-order chi connectivity index (χ0) is 10.7. The van der Waals surface area contributed by atoms with Crippen LogP contribution in [0.25, 0.3) is 5.65 Å².